The molecule has 0 aliphatic carbocycles. The molecule has 1 atom stereocenters. The highest BCUT2D eigenvalue weighted by atomic mass is 32.1. The van der Waals surface area contributed by atoms with Crippen molar-refractivity contribution in [1.82, 2.24) is 0 Å². The minimum Gasteiger partial charge on any atom is -0.328 e. The summed E-state index contributed by atoms with van der Waals surface area (Å²) in [5.74, 6) is 0. The number of alkyl halides is 1. The van der Waals surface area contributed by atoms with E-state index in [-0.39, 0.29) is 6.54 Å². The van der Waals surface area contributed by atoms with E-state index in [1.807, 2.05) is 24.4 Å². The van der Waals surface area contributed by atoms with Crippen LogP contribution in [0.1, 0.15) is 18.2 Å². The van der Waals surface area contributed by atoms with E-state index in [1.54, 1.807) is 11.3 Å². The lowest BCUT2D eigenvalue weighted by atomic mass is 9.98. The predicted octanol–water partition coefficient (Wildman–Crippen LogP) is 2.37. The third kappa shape index (κ3) is 2.29. The molecule has 1 unspecified atom stereocenters. The summed E-state index contributed by atoms with van der Waals surface area (Å²) in [5.41, 5.74) is 4.16. The van der Waals surface area contributed by atoms with Gasteiger partial charge in [0.25, 0.3) is 0 Å². The summed E-state index contributed by atoms with van der Waals surface area (Å²) in [6, 6.07) is 3.89. The molecule has 1 heterocycles. The highest BCUT2D eigenvalue weighted by Gasteiger charge is 2.25. The van der Waals surface area contributed by atoms with Gasteiger partial charge in [-0.15, -0.1) is 11.3 Å². The van der Waals surface area contributed by atoms with Crippen LogP contribution in [0.2, 0.25) is 0 Å². The van der Waals surface area contributed by atoms with Crippen molar-refractivity contribution in [2.45, 2.75) is 25.4 Å². The molecule has 68 valence electrons. The van der Waals surface area contributed by atoms with E-state index < -0.39 is 5.67 Å². The van der Waals surface area contributed by atoms with E-state index in [0.29, 0.717) is 12.8 Å². The lowest BCUT2D eigenvalue weighted by Gasteiger charge is -2.20. The fourth-order valence-corrected chi connectivity index (χ4v) is 1.90. The minimum atomic E-state index is -1.20. The van der Waals surface area contributed by atoms with Crippen LogP contribution < -0.4 is 5.73 Å². The summed E-state index contributed by atoms with van der Waals surface area (Å²) >= 11 is 1.58. The molecule has 0 saturated carbocycles. The SMILES string of the molecule is CCC(F)(CN)Cc1cccs1. The molecule has 1 nitrogen and oxygen atoms in total. The maximum Gasteiger partial charge on any atom is 0.127 e. The number of hydrogen-bond donors (Lipinski definition) is 1. The molecule has 0 aliphatic rings. The molecule has 0 aromatic carbocycles. The number of rotatable bonds is 4. The molecule has 0 bridgehead atoms. The van der Waals surface area contributed by atoms with Crippen molar-refractivity contribution in [3.63, 3.8) is 0 Å². The van der Waals surface area contributed by atoms with E-state index in [4.69, 9.17) is 5.73 Å². The second kappa shape index (κ2) is 4.01. The summed E-state index contributed by atoms with van der Waals surface area (Å²) in [5, 5.41) is 1.96. The molecular formula is C9H14FNS. The molecule has 0 fully saturated rings. The smallest absolute Gasteiger partial charge is 0.127 e. The molecule has 1 aromatic heterocycles. The third-order valence-electron chi connectivity index (χ3n) is 2.07. The lowest BCUT2D eigenvalue weighted by molar-refractivity contribution is 0.168. The Balaban J connectivity index is 2.60. The van der Waals surface area contributed by atoms with Gasteiger partial charge in [0.2, 0.25) is 0 Å². The molecule has 0 saturated heterocycles. The van der Waals surface area contributed by atoms with Crippen LogP contribution >= 0.6 is 11.3 Å². The molecule has 12 heavy (non-hydrogen) atoms. The number of thiophene rings is 1. The Labute approximate surface area is 76.4 Å². The van der Waals surface area contributed by atoms with Gasteiger partial charge in [0.05, 0.1) is 0 Å². The summed E-state index contributed by atoms with van der Waals surface area (Å²) in [6.45, 7) is 1.95. The molecular weight excluding hydrogens is 173 g/mol. The largest absolute Gasteiger partial charge is 0.328 e. The van der Waals surface area contributed by atoms with E-state index in [2.05, 4.69) is 0 Å². The van der Waals surface area contributed by atoms with E-state index in [0.717, 1.165) is 4.88 Å². The number of halogens is 1. The Morgan fingerprint density at radius 1 is 1.67 bits per heavy atom. The zero-order valence-corrected chi connectivity index (χ0v) is 8.03. The van der Waals surface area contributed by atoms with Gasteiger partial charge in [0, 0.05) is 17.8 Å². The summed E-state index contributed by atoms with van der Waals surface area (Å²) in [6.07, 6.45) is 0.944. The fourth-order valence-electron chi connectivity index (χ4n) is 1.07. The van der Waals surface area contributed by atoms with Crippen LogP contribution in [0.25, 0.3) is 0 Å². The highest BCUT2D eigenvalue weighted by molar-refractivity contribution is 7.09. The van der Waals surface area contributed by atoms with Crippen molar-refractivity contribution in [1.29, 1.82) is 0 Å². The van der Waals surface area contributed by atoms with Crippen molar-refractivity contribution >= 4 is 11.3 Å². The van der Waals surface area contributed by atoms with E-state index in [9.17, 15) is 4.39 Å². The first kappa shape index (κ1) is 9.68. The molecule has 2 N–H and O–H groups in total. The van der Waals surface area contributed by atoms with Gasteiger partial charge in [-0.25, -0.2) is 4.39 Å². The minimum absolute atomic E-state index is 0.112. The van der Waals surface area contributed by atoms with Crippen LogP contribution in [0.4, 0.5) is 4.39 Å². The van der Waals surface area contributed by atoms with Gasteiger partial charge >= 0.3 is 0 Å². The average molecular weight is 187 g/mol. The van der Waals surface area contributed by atoms with Crippen LogP contribution in [0, 0.1) is 0 Å². The monoisotopic (exact) mass is 187 g/mol. The van der Waals surface area contributed by atoms with Crippen molar-refractivity contribution in [2.75, 3.05) is 6.54 Å². The number of hydrogen-bond acceptors (Lipinski definition) is 2. The van der Waals surface area contributed by atoms with E-state index in [1.165, 1.54) is 0 Å². The van der Waals surface area contributed by atoms with Crippen molar-refractivity contribution in [3.8, 4) is 0 Å². The Morgan fingerprint density at radius 2 is 2.42 bits per heavy atom. The van der Waals surface area contributed by atoms with Gasteiger partial charge in [-0.3, -0.25) is 0 Å². The molecule has 0 spiro atoms. The van der Waals surface area contributed by atoms with Crippen LogP contribution in [0.3, 0.4) is 0 Å². The van der Waals surface area contributed by atoms with Gasteiger partial charge in [-0.2, -0.15) is 0 Å². The Kier molecular flexibility index (Phi) is 3.23. The van der Waals surface area contributed by atoms with Crippen LogP contribution in [0.5, 0.6) is 0 Å². The zero-order chi connectivity index (χ0) is 9.03. The first-order valence-corrected chi connectivity index (χ1v) is 4.99. The topological polar surface area (TPSA) is 26.0 Å². The van der Waals surface area contributed by atoms with Crippen molar-refractivity contribution in [3.05, 3.63) is 22.4 Å². The average Bonchev–Trinajstić information content (AvgIpc) is 2.57. The van der Waals surface area contributed by atoms with E-state index >= 15 is 0 Å². The molecule has 0 radical (unpaired) electrons. The maximum absolute atomic E-state index is 13.7. The standard InChI is InChI=1S/C9H14FNS/c1-2-9(10,7-11)6-8-4-3-5-12-8/h3-5H,2,6-7,11H2,1H3. The summed E-state index contributed by atoms with van der Waals surface area (Å²) < 4.78 is 13.7. The fraction of sp³-hybridized carbons (Fsp3) is 0.556. The third-order valence-corrected chi connectivity index (χ3v) is 2.95. The lowest BCUT2D eigenvalue weighted by Crippen LogP contribution is -2.34. The first-order chi connectivity index (χ1) is 5.70. The Bertz CT molecular complexity index is 216. The van der Waals surface area contributed by atoms with Gasteiger partial charge in [-0.05, 0) is 17.9 Å². The van der Waals surface area contributed by atoms with Crippen molar-refractivity contribution in [2.24, 2.45) is 5.73 Å². The van der Waals surface area contributed by atoms with Crippen LogP contribution in [0.15, 0.2) is 17.5 Å². The Hall–Kier alpha value is -0.410. The van der Waals surface area contributed by atoms with Gasteiger partial charge < -0.3 is 5.73 Å². The zero-order valence-electron chi connectivity index (χ0n) is 7.22. The predicted molar refractivity (Wildman–Crippen MR) is 51.2 cm³/mol. The van der Waals surface area contributed by atoms with Crippen molar-refractivity contribution < 1.29 is 4.39 Å². The molecule has 0 aliphatic heterocycles. The van der Waals surface area contributed by atoms with Crippen LogP contribution in [-0.4, -0.2) is 12.2 Å². The number of nitrogens with two attached hydrogens (primary N) is 1. The molecule has 1 aromatic rings. The maximum atomic E-state index is 13.7. The highest BCUT2D eigenvalue weighted by Crippen LogP contribution is 2.23. The Morgan fingerprint density at radius 3 is 2.83 bits per heavy atom. The van der Waals surface area contributed by atoms with Crippen LogP contribution in [-0.2, 0) is 6.42 Å². The second-order valence-corrected chi connectivity index (χ2v) is 4.00. The molecule has 1 rings (SSSR count). The summed E-state index contributed by atoms with van der Waals surface area (Å²) in [4.78, 5) is 1.07. The van der Waals surface area contributed by atoms with Gasteiger partial charge in [0.15, 0.2) is 0 Å². The second-order valence-electron chi connectivity index (χ2n) is 2.96. The summed E-state index contributed by atoms with van der Waals surface area (Å²) in [7, 11) is 0. The molecule has 3 heteroatoms. The van der Waals surface area contributed by atoms with Gasteiger partial charge in [-0.1, -0.05) is 13.0 Å². The normalized spacial score (nSPS) is 15.9. The first-order valence-electron chi connectivity index (χ1n) is 4.11. The quantitative estimate of drug-likeness (QED) is 0.769. The molecule has 0 amide bonds. The van der Waals surface area contributed by atoms with Gasteiger partial charge in [0.1, 0.15) is 5.67 Å².